The van der Waals surface area contributed by atoms with Crippen molar-refractivity contribution in [1.82, 2.24) is 0 Å². The van der Waals surface area contributed by atoms with Gasteiger partial charge in [-0.25, -0.2) is 4.79 Å². The van der Waals surface area contributed by atoms with E-state index in [0.717, 1.165) is 135 Å². The van der Waals surface area contributed by atoms with Crippen molar-refractivity contribution >= 4 is 23.9 Å². The van der Waals surface area contributed by atoms with E-state index in [0.29, 0.717) is 19.3 Å². The Morgan fingerprint density at radius 2 is 0.783 bits per heavy atom. The van der Waals surface area contributed by atoms with Crippen LogP contribution in [0.3, 0.4) is 0 Å². The molecule has 0 amide bonds. The Hall–Kier alpha value is -4.88. The summed E-state index contributed by atoms with van der Waals surface area (Å²) in [5.74, 6) is -3.26. The van der Waals surface area contributed by atoms with Crippen LogP contribution in [0.25, 0.3) is 0 Å². The first kappa shape index (κ1) is 76.1. The lowest BCUT2D eigenvalue weighted by Crippen LogP contribution is -2.61. The summed E-state index contributed by atoms with van der Waals surface area (Å²) in [4.78, 5) is 51.3. The van der Waals surface area contributed by atoms with Crippen LogP contribution >= 0.6 is 0 Å². The van der Waals surface area contributed by atoms with Crippen LogP contribution in [-0.4, -0.2) is 89.2 Å². The fourth-order valence-electron chi connectivity index (χ4n) is 9.11. The number of aliphatic hydroxyl groups is 2. The number of carboxylic acid groups (broad SMARTS) is 1. The number of hydrogen-bond acceptors (Lipinski definition) is 11. The summed E-state index contributed by atoms with van der Waals surface area (Å²) in [6.07, 6.45) is 67.4. The summed E-state index contributed by atoms with van der Waals surface area (Å²) in [5, 5.41) is 31.6. The second kappa shape index (κ2) is 57.5. The normalized spacial score (nSPS) is 18.4. The average Bonchev–Trinajstić information content (AvgIpc) is 3.59. The van der Waals surface area contributed by atoms with E-state index in [1.54, 1.807) is 0 Å². The van der Waals surface area contributed by atoms with Crippen molar-refractivity contribution in [1.29, 1.82) is 0 Å². The molecule has 12 nitrogen and oxygen atoms in total. The zero-order chi connectivity index (χ0) is 60.3. The second-order valence-electron chi connectivity index (χ2n) is 21.6. The molecule has 1 rings (SSSR count). The summed E-state index contributed by atoms with van der Waals surface area (Å²) in [5.41, 5.74) is 0. The topological polar surface area (TPSA) is 175 Å². The summed E-state index contributed by atoms with van der Waals surface area (Å²) >= 11 is 0. The van der Waals surface area contributed by atoms with Crippen molar-refractivity contribution in [3.05, 3.63) is 122 Å². The van der Waals surface area contributed by atoms with Crippen LogP contribution in [-0.2, 0) is 42.9 Å². The van der Waals surface area contributed by atoms with Crippen molar-refractivity contribution in [2.24, 2.45) is 0 Å². The van der Waals surface area contributed by atoms with Gasteiger partial charge in [0.25, 0.3) is 0 Å². The van der Waals surface area contributed by atoms with Gasteiger partial charge in [0.1, 0.15) is 18.8 Å². The number of esters is 3. The van der Waals surface area contributed by atoms with Crippen molar-refractivity contribution in [3.63, 3.8) is 0 Å². The Labute approximate surface area is 503 Å². The molecule has 470 valence electrons. The van der Waals surface area contributed by atoms with Gasteiger partial charge in [-0.05, 0) is 116 Å². The van der Waals surface area contributed by atoms with E-state index in [-0.39, 0.29) is 25.9 Å². The first-order chi connectivity index (χ1) is 40.6. The minimum Gasteiger partial charge on any atom is -0.479 e. The molecule has 0 aromatic rings. The number of aliphatic hydroxyl groups excluding tert-OH is 2. The highest BCUT2D eigenvalue weighted by Crippen LogP contribution is 2.26. The van der Waals surface area contributed by atoms with Crippen LogP contribution in [0, 0.1) is 0 Å². The lowest BCUT2D eigenvalue weighted by atomic mass is 9.98. The van der Waals surface area contributed by atoms with E-state index >= 15 is 0 Å². The number of carbonyl (C=O) groups is 4. The Bertz CT molecular complexity index is 1900. The van der Waals surface area contributed by atoms with Gasteiger partial charge in [0.2, 0.25) is 0 Å². The van der Waals surface area contributed by atoms with E-state index in [1.165, 1.54) is 57.8 Å². The van der Waals surface area contributed by atoms with Crippen molar-refractivity contribution in [2.75, 3.05) is 13.2 Å². The molecule has 0 bridgehead atoms. The Kier molecular flexibility index (Phi) is 52.8. The molecule has 6 unspecified atom stereocenters. The maximum absolute atomic E-state index is 13.2. The number of carboxylic acids is 1. The third-order valence-electron chi connectivity index (χ3n) is 14.0. The first-order valence-electron chi connectivity index (χ1n) is 32.5. The molecule has 6 atom stereocenters. The zero-order valence-corrected chi connectivity index (χ0v) is 51.9. The van der Waals surface area contributed by atoms with E-state index in [4.69, 9.17) is 23.7 Å². The molecule has 1 aliphatic heterocycles. The molecular formula is C71H114O12. The molecule has 0 aromatic heterocycles. The molecule has 0 radical (unpaired) electrons. The molecule has 0 saturated carbocycles. The maximum Gasteiger partial charge on any atom is 0.335 e. The van der Waals surface area contributed by atoms with Gasteiger partial charge in [-0.1, -0.05) is 239 Å². The van der Waals surface area contributed by atoms with E-state index in [1.807, 2.05) is 12.2 Å². The number of hydrogen-bond donors (Lipinski definition) is 3. The Morgan fingerprint density at radius 1 is 0.410 bits per heavy atom. The smallest absolute Gasteiger partial charge is 0.335 e. The van der Waals surface area contributed by atoms with Crippen LogP contribution in [0.2, 0.25) is 0 Å². The van der Waals surface area contributed by atoms with Crippen LogP contribution in [0.4, 0.5) is 0 Å². The molecule has 1 fully saturated rings. The monoisotopic (exact) mass is 1160 g/mol. The lowest BCUT2D eigenvalue weighted by molar-refractivity contribution is -0.301. The molecule has 1 aliphatic rings. The standard InChI is InChI=1S/C71H114O12/c1-4-7-10-13-16-19-22-25-28-31-32-35-36-39-42-45-48-51-54-57-63(72)79-60-62(81-64(73)58-55-52-49-46-43-40-37-33-29-26-23-20-17-14-11-8-5-2)61-80-71-69(67(76)66(75)68(83-71)70(77)78)82-65(74)59-56-53-50-47-44-41-38-34-30-27-24-21-18-15-12-9-6-3/h7,9-10,12,16,18-19,21,25-30,32,35,39,42,48,51,62,66-69,71,75-76H,4-6,8,11,13-15,17,20,22-24,31,33-34,36-38,40-41,43-47,49-50,52-61H2,1-3H3,(H,77,78)/b10-7-,12-9-,19-16-,21-18-,28-25-,29-26-,30-27-,35-32-,42-39-,51-48-. The Balaban J connectivity index is 2.72. The molecule has 12 heteroatoms. The highest BCUT2D eigenvalue weighted by molar-refractivity contribution is 5.74. The van der Waals surface area contributed by atoms with Crippen LogP contribution in [0.1, 0.15) is 252 Å². The predicted octanol–water partition coefficient (Wildman–Crippen LogP) is 17.6. The fourth-order valence-corrected chi connectivity index (χ4v) is 9.11. The first-order valence-corrected chi connectivity index (χ1v) is 32.5. The SMILES string of the molecule is CC/C=C\C/C=C\C/C=C\C/C=C\C/C=C\C/C=C\CCC(=O)OCC(COC1OC(C(=O)O)C(O)C(O)C1OC(=O)CCCCCCCCC/C=C\C/C=C\C/C=C\CC)OC(=O)CCCCCCCCC/C=C\CCCCCCCC. The Morgan fingerprint density at radius 3 is 1.22 bits per heavy atom. The molecule has 3 N–H and O–H groups in total. The van der Waals surface area contributed by atoms with Gasteiger partial charge in [-0.15, -0.1) is 0 Å². The van der Waals surface area contributed by atoms with E-state index < -0.39 is 67.3 Å². The van der Waals surface area contributed by atoms with Gasteiger partial charge in [-0.2, -0.15) is 0 Å². The predicted molar refractivity (Wildman–Crippen MR) is 340 cm³/mol. The fraction of sp³-hybridized carbons (Fsp3) is 0.662. The van der Waals surface area contributed by atoms with Crippen molar-refractivity contribution < 1.29 is 58.2 Å². The van der Waals surface area contributed by atoms with Gasteiger partial charge < -0.3 is 39.0 Å². The number of rotatable bonds is 54. The van der Waals surface area contributed by atoms with Crippen LogP contribution in [0.15, 0.2) is 122 Å². The number of aliphatic carboxylic acids is 1. The van der Waals surface area contributed by atoms with Crippen molar-refractivity contribution in [3.8, 4) is 0 Å². The van der Waals surface area contributed by atoms with Gasteiger partial charge in [0.05, 0.1) is 6.61 Å². The summed E-state index contributed by atoms with van der Waals surface area (Å²) in [6, 6.07) is 0. The molecule has 0 aliphatic carbocycles. The number of unbranched alkanes of at least 4 members (excludes halogenated alkanes) is 20. The third kappa shape index (κ3) is 47.1. The highest BCUT2D eigenvalue weighted by atomic mass is 16.7. The largest absolute Gasteiger partial charge is 0.479 e. The summed E-state index contributed by atoms with van der Waals surface area (Å²) in [7, 11) is 0. The highest BCUT2D eigenvalue weighted by Gasteiger charge is 2.50. The van der Waals surface area contributed by atoms with E-state index in [9.17, 15) is 34.5 Å². The minimum atomic E-state index is -1.92. The van der Waals surface area contributed by atoms with Crippen LogP contribution in [0.5, 0.6) is 0 Å². The van der Waals surface area contributed by atoms with Gasteiger partial charge >= 0.3 is 23.9 Å². The van der Waals surface area contributed by atoms with E-state index in [2.05, 4.69) is 130 Å². The molecule has 83 heavy (non-hydrogen) atoms. The molecule has 0 aromatic carbocycles. The quantitative estimate of drug-likeness (QED) is 0.0228. The molecule has 1 saturated heterocycles. The van der Waals surface area contributed by atoms with Crippen LogP contribution < -0.4 is 0 Å². The maximum atomic E-state index is 13.2. The summed E-state index contributed by atoms with van der Waals surface area (Å²) < 4.78 is 28.4. The molecule has 1 heterocycles. The lowest BCUT2D eigenvalue weighted by Gasteiger charge is -2.40. The third-order valence-corrected chi connectivity index (χ3v) is 14.0. The number of allylic oxidation sites excluding steroid dienone is 20. The van der Waals surface area contributed by atoms with Gasteiger partial charge in [0.15, 0.2) is 24.6 Å². The van der Waals surface area contributed by atoms with Gasteiger partial charge in [-0.3, -0.25) is 14.4 Å². The minimum absolute atomic E-state index is 0.0360. The molecule has 0 spiro atoms. The number of carbonyl (C=O) groups excluding carboxylic acids is 3. The number of ether oxygens (including phenoxy) is 5. The average molecular weight is 1160 g/mol. The second-order valence-corrected chi connectivity index (χ2v) is 21.6. The van der Waals surface area contributed by atoms with Gasteiger partial charge in [0, 0.05) is 19.3 Å². The summed E-state index contributed by atoms with van der Waals surface area (Å²) in [6.45, 7) is 5.71. The van der Waals surface area contributed by atoms with Crippen molar-refractivity contribution in [2.45, 2.75) is 289 Å². The zero-order valence-electron chi connectivity index (χ0n) is 51.9. The molecular weight excluding hydrogens is 1040 g/mol.